The summed E-state index contributed by atoms with van der Waals surface area (Å²) in [5, 5.41) is 2.73. The lowest BCUT2D eigenvalue weighted by Gasteiger charge is -2.12. The van der Waals surface area contributed by atoms with Gasteiger partial charge in [-0.25, -0.2) is 0 Å². The van der Waals surface area contributed by atoms with Crippen molar-refractivity contribution in [2.75, 3.05) is 26.9 Å². The molecule has 0 heterocycles. The van der Waals surface area contributed by atoms with Crippen molar-refractivity contribution >= 4 is 11.7 Å². The molecule has 138 valence electrons. The van der Waals surface area contributed by atoms with Gasteiger partial charge in [-0.05, 0) is 43.7 Å². The van der Waals surface area contributed by atoms with E-state index < -0.39 is 0 Å². The van der Waals surface area contributed by atoms with Gasteiger partial charge in [0, 0.05) is 5.56 Å². The minimum Gasteiger partial charge on any atom is -0.493 e. The zero-order chi connectivity index (χ0) is 18.9. The molecule has 2 rings (SSSR count). The molecule has 26 heavy (non-hydrogen) atoms. The van der Waals surface area contributed by atoms with Crippen LogP contribution < -0.4 is 19.5 Å². The first-order valence-corrected chi connectivity index (χ1v) is 8.28. The molecule has 0 aromatic heterocycles. The maximum Gasteiger partial charge on any atom is 0.258 e. The molecular weight excluding hydrogens is 334 g/mol. The maximum atomic E-state index is 11.9. The van der Waals surface area contributed by atoms with Crippen LogP contribution in [0.3, 0.4) is 0 Å². The SMILES string of the molecule is COc1cc(C(C)=O)ccc1OCC(=O)NCCOc1ccccc1C. The number of carbonyl (C=O) groups is 2. The Morgan fingerprint density at radius 2 is 1.77 bits per heavy atom. The average Bonchev–Trinajstić information content (AvgIpc) is 2.64. The number of methoxy groups -OCH3 is 1. The lowest BCUT2D eigenvalue weighted by atomic mass is 10.1. The number of ketones is 1. The van der Waals surface area contributed by atoms with Crippen LogP contribution in [0.25, 0.3) is 0 Å². The van der Waals surface area contributed by atoms with Crippen LogP contribution in [0, 0.1) is 6.92 Å². The number of nitrogens with one attached hydrogen (secondary N) is 1. The summed E-state index contributed by atoms with van der Waals surface area (Å²) in [5.41, 5.74) is 1.57. The van der Waals surface area contributed by atoms with E-state index in [1.54, 1.807) is 18.2 Å². The Morgan fingerprint density at radius 3 is 2.46 bits per heavy atom. The molecule has 0 aliphatic carbocycles. The number of rotatable bonds is 9. The van der Waals surface area contributed by atoms with E-state index in [0.29, 0.717) is 30.2 Å². The van der Waals surface area contributed by atoms with Gasteiger partial charge in [-0.3, -0.25) is 9.59 Å². The molecule has 0 spiro atoms. The second-order valence-electron chi connectivity index (χ2n) is 5.67. The normalized spacial score (nSPS) is 10.1. The molecule has 6 heteroatoms. The molecule has 0 unspecified atom stereocenters. The van der Waals surface area contributed by atoms with Crippen LogP contribution >= 0.6 is 0 Å². The predicted octanol–water partition coefficient (Wildman–Crippen LogP) is 2.78. The lowest BCUT2D eigenvalue weighted by Crippen LogP contribution is -2.32. The summed E-state index contributed by atoms with van der Waals surface area (Å²) < 4.78 is 16.3. The van der Waals surface area contributed by atoms with Gasteiger partial charge in [0.2, 0.25) is 0 Å². The average molecular weight is 357 g/mol. The largest absolute Gasteiger partial charge is 0.493 e. The van der Waals surface area contributed by atoms with Crippen LogP contribution in [0.1, 0.15) is 22.8 Å². The van der Waals surface area contributed by atoms with Gasteiger partial charge in [0.15, 0.2) is 23.9 Å². The summed E-state index contributed by atoms with van der Waals surface area (Å²) in [4.78, 5) is 23.3. The van der Waals surface area contributed by atoms with E-state index in [1.165, 1.54) is 14.0 Å². The van der Waals surface area contributed by atoms with Crippen molar-refractivity contribution in [3.8, 4) is 17.2 Å². The number of aryl methyl sites for hydroxylation is 1. The van der Waals surface area contributed by atoms with Gasteiger partial charge in [0.05, 0.1) is 13.7 Å². The van der Waals surface area contributed by atoms with Gasteiger partial charge < -0.3 is 19.5 Å². The smallest absolute Gasteiger partial charge is 0.258 e. The molecule has 0 saturated heterocycles. The number of amides is 1. The van der Waals surface area contributed by atoms with Crippen LogP contribution in [0.15, 0.2) is 42.5 Å². The zero-order valence-corrected chi connectivity index (χ0v) is 15.2. The summed E-state index contributed by atoms with van der Waals surface area (Å²) in [6, 6.07) is 12.5. The van der Waals surface area contributed by atoms with Gasteiger partial charge >= 0.3 is 0 Å². The zero-order valence-electron chi connectivity index (χ0n) is 15.2. The minimum absolute atomic E-state index is 0.0683. The van der Waals surface area contributed by atoms with Gasteiger partial charge in [-0.15, -0.1) is 0 Å². The van der Waals surface area contributed by atoms with E-state index >= 15 is 0 Å². The molecule has 1 N–H and O–H groups in total. The topological polar surface area (TPSA) is 73.9 Å². The molecule has 2 aromatic rings. The van der Waals surface area contributed by atoms with Crippen molar-refractivity contribution < 1.29 is 23.8 Å². The number of carbonyl (C=O) groups excluding carboxylic acids is 2. The Bertz CT molecular complexity index is 773. The van der Waals surface area contributed by atoms with Crippen LogP contribution in [0.2, 0.25) is 0 Å². The summed E-state index contributed by atoms with van der Waals surface area (Å²) in [6.07, 6.45) is 0. The van der Waals surface area contributed by atoms with Gasteiger partial charge in [0.1, 0.15) is 12.4 Å². The highest BCUT2D eigenvalue weighted by molar-refractivity contribution is 5.94. The van der Waals surface area contributed by atoms with E-state index in [2.05, 4.69) is 5.32 Å². The molecule has 0 saturated carbocycles. The van der Waals surface area contributed by atoms with Crippen LogP contribution in [-0.2, 0) is 4.79 Å². The highest BCUT2D eigenvalue weighted by atomic mass is 16.5. The number of hydrogen-bond donors (Lipinski definition) is 1. The first-order chi connectivity index (χ1) is 12.5. The van der Waals surface area contributed by atoms with E-state index in [-0.39, 0.29) is 18.3 Å². The van der Waals surface area contributed by atoms with Crippen LogP contribution in [0.5, 0.6) is 17.2 Å². The molecule has 0 atom stereocenters. The van der Waals surface area contributed by atoms with Crippen molar-refractivity contribution in [3.63, 3.8) is 0 Å². The quantitative estimate of drug-likeness (QED) is 0.552. The van der Waals surface area contributed by atoms with Gasteiger partial charge in [-0.2, -0.15) is 0 Å². The fourth-order valence-corrected chi connectivity index (χ4v) is 2.27. The standard InChI is InChI=1S/C20H23NO5/c1-14-6-4-5-7-17(14)25-11-10-21-20(23)13-26-18-9-8-16(15(2)22)12-19(18)24-3/h4-9,12H,10-11,13H2,1-3H3,(H,21,23). The Labute approximate surface area is 153 Å². The minimum atomic E-state index is -0.268. The molecule has 0 fully saturated rings. The molecule has 0 aliphatic heterocycles. The Hall–Kier alpha value is -3.02. The van der Waals surface area contributed by atoms with E-state index in [1.807, 2.05) is 31.2 Å². The van der Waals surface area contributed by atoms with Crippen molar-refractivity contribution in [1.29, 1.82) is 0 Å². The van der Waals surface area contributed by atoms with Crippen LogP contribution in [-0.4, -0.2) is 38.6 Å². The lowest BCUT2D eigenvalue weighted by molar-refractivity contribution is -0.123. The highest BCUT2D eigenvalue weighted by Crippen LogP contribution is 2.28. The van der Waals surface area contributed by atoms with Gasteiger partial charge in [-0.1, -0.05) is 18.2 Å². The van der Waals surface area contributed by atoms with Crippen molar-refractivity contribution in [2.24, 2.45) is 0 Å². The molecule has 2 aromatic carbocycles. The number of benzene rings is 2. The Morgan fingerprint density at radius 1 is 1.00 bits per heavy atom. The monoisotopic (exact) mass is 357 g/mol. The molecule has 0 bridgehead atoms. The number of Topliss-reactive ketones (excluding diaryl/α,β-unsaturated/α-hetero) is 1. The molecule has 6 nitrogen and oxygen atoms in total. The molecule has 0 radical (unpaired) electrons. The third-order valence-corrected chi connectivity index (χ3v) is 3.70. The second kappa shape index (κ2) is 9.46. The first kappa shape index (κ1) is 19.3. The van der Waals surface area contributed by atoms with Gasteiger partial charge in [0.25, 0.3) is 5.91 Å². The van der Waals surface area contributed by atoms with E-state index in [0.717, 1.165) is 11.3 Å². The van der Waals surface area contributed by atoms with E-state index in [4.69, 9.17) is 14.2 Å². The number of para-hydroxylation sites is 1. The number of hydrogen-bond acceptors (Lipinski definition) is 5. The van der Waals surface area contributed by atoms with Crippen molar-refractivity contribution in [2.45, 2.75) is 13.8 Å². The molecule has 0 aliphatic rings. The Kier molecular flexibility index (Phi) is 7.02. The maximum absolute atomic E-state index is 11.9. The fraction of sp³-hybridized carbons (Fsp3) is 0.300. The summed E-state index contributed by atoms with van der Waals surface area (Å²) in [5.74, 6) is 1.28. The number of ether oxygens (including phenoxy) is 3. The van der Waals surface area contributed by atoms with Crippen molar-refractivity contribution in [3.05, 3.63) is 53.6 Å². The second-order valence-corrected chi connectivity index (χ2v) is 5.67. The Balaban J connectivity index is 1.76. The molecule has 1 amide bonds. The fourth-order valence-electron chi connectivity index (χ4n) is 2.27. The third-order valence-electron chi connectivity index (χ3n) is 3.70. The first-order valence-electron chi connectivity index (χ1n) is 8.28. The van der Waals surface area contributed by atoms with Crippen LogP contribution in [0.4, 0.5) is 0 Å². The summed E-state index contributed by atoms with van der Waals surface area (Å²) in [6.45, 7) is 4.03. The third kappa shape index (κ3) is 5.51. The molecular formula is C20H23NO5. The summed E-state index contributed by atoms with van der Waals surface area (Å²) in [7, 11) is 1.48. The van der Waals surface area contributed by atoms with Crippen molar-refractivity contribution in [1.82, 2.24) is 5.32 Å². The predicted molar refractivity (Wildman–Crippen MR) is 98.2 cm³/mol. The van der Waals surface area contributed by atoms with E-state index in [9.17, 15) is 9.59 Å². The summed E-state index contributed by atoms with van der Waals surface area (Å²) >= 11 is 0. The highest BCUT2D eigenvalue weighted by Gasteiger charge is 2.10.